The average molecular weight is 479 g/mol. The van der Waals surface area contributed by atoms with Gasteiger partial charge in [0.1, 0.15) is 13.1 Å². The summed E-state index contributed by atoms with van der Waals surface area (Å²) in [6.45, 7) is 7.96. The number of carbonyl (C=O) groups is 1. The van der Waals surface area contributed by atoms with Gasteiger partial charge in [-0.25, -0.2) is 0 Å². The lowest BCUT2D eigenvalue weighted by Gasteiger charge is -2.01. The van der Waals surface area contributed by atoms with Gasteiger partial charge in [-0.05, 0) is 19.3 Å². The maximum atomic E-state index is 11.0. The van der Waals surface area contributed by atoms with Crippen molar-refractivity contribution in [3.8, 4) is 0 Å². The van der Waals surface area contributed by atoms with Crippen molar-refractivity contribution in [1.29, 1.82) is 0 Å². The van der Waals surface area contributed by atoms with Gasteiger partial charge in [0.25, 0.3) is 0 Å². The molecule has 152 valence electrons. The maximum absolute atomic E-state index is 11.0. The maximum Gasteiger partial charge on any atom is 0.303 e. The van der Waals surface area contributed by atoms with E-state index in [-0.39, 0.29) is 29.9 Å². The van der Waals surface area contributed by atoms with Crippen molar-refractivity contribution in [2.45, 2.75) is 111 Å². The lowest BCUT2D eigenvalue weighted by molar-refractivity contribution is -0.755. The Morgan fingerprint density at radius 3 is 2.12 bits per heavy atom. The second-order valence-electron chi connectivity index (χ2n) is 6.96. The molecule has 0 aliphatic rings. The molecule has 0 spiro atoms. The smallest absolute Gasteiger partial charge is 0.303 e. The van der Waals surface area contributed by atoms with Crippen LogP contribution in [0.1, 0.15) is 97.1 Å². The molecule has 0 amide bonds. The fourth-order valence-corrected chi connectivity index (χ4v) is 3.02. The minimum Gasteiger partial charge on any atom is -1.00 e. The Bertz CT molecular complexity index is 478. The van der Waals surface area contributed by atoms with Crippen molar-refractivity contribution < 1.29 is 38.2 Å². The number of rotatable bonds is 15. The van der Waals surface area contributed by atoms with Gasteiger partial charge in [0.05, 0.1) is 5.21 Å². The number of nitrogens with zero attached hydrogens (tertiary/aromatic N) is 3. The lowest BCUT2D eigenvalue weighted by Crippen LogP contribution is -3.00. The number of esters is 1. The largest absolute Gasteiger partial charge is 1.00 e. The van der Waals surface area contributed by atoms with Crippen molar-refractivity contribution in [3.05, 3.63) is 11.9 Å². The zero-order valence-electron chi connectivity index (χ0n) is 17.0. The standard InChI is InChI=1S/C20H38N3O2.HI/c1-4-6-7-8-9-10-11-12-13-14-16-22-17-20(18-25-19(3)24)23(21-22)15-5-2;/h17H,4-16,18H2,1-3H3;1H/q+1;/p-1. The van der Waals surface area contributed by atoms with Crippen LogP contribution >= 0.6 is 0 Å². The first-order valence-corrected chi connectivity index (χ1v) is 10.3. The van der Waals surface area contributed by atoms with Crippen molar-refractivity contribution in [3.63, 3.8) is 0 Å². The van der Waals surface area contributed by atoms with Gasteiger partial charge in [0.2, 0.25) is 5.69 Å². The highest BCUT2D eigenvalue weighted by Crippen LogP contribution is 2.10. The quantitative estimate of drug-likeness (QED) is 0.166. The Morgan fingerprint density at radius 1 is 1.00 bits per heavy atom. The number of unbranched alkanes of at least 4 members (excludes halogenated alkanes) is 9. The van der Waals surface area contributed by atoms with Gasteiger partial charge in [0, 0.05) is 6.92 Å². The third kappa shape index (κ3) is 11.9. The normalized spacial score (nSPS) is 10.6. The van der Waals surface area contributed by atoms with Crippen LogP contribution in [0.2, 0.25) is 0 Å². The summed E-state index contributed by atoms with van der Waals surface area (Å²) in [6, 6.07) is 0. The summed E-state index contributed by atoms with van der Waals surface area (Å²) in [6.07, 6.45) is 16.5. The predicted molar refractivity (Wildman–Crippen MR) is 100 cm³/mol. The van der Waals surface area contributed by atoms with Crippen LogP contribution in [-0.4, -0.2) is 15.9 Å². The van der Waals surface area contributed by atoms with E-state index in [9.17, 15) is 4.79 Å². The molecule has 26 heavy (non-hydrogen) atoms. The van der Waals surface area contributed by atoms with E-state index < -0.39 is 0 Å². The molecule has 0 aliphatic carbocycles. The molecule has 1 aromatic heterocycles. The van der Waals surface area contributed by atoms with E-state index >= 15 is 0 Å². The first-order valence-electron chi connectivity index (χ1n) is 10.3. The predicted octanol–water partition coefficient (Wildman–Crippen LogP) is 1.57. The van der Waals surface area contributed by atoms with Gasteiger partial charge in [-0.3, -0.25) is 4.79 Å². The summed E-state index contributed by atoms with van der Waals surface area (Å²) >= 11 is 0. The number of carbonyl (C=O) groups excluding carboxylic acids is 1. The summed E-state index contributed by atoms with van der Waals surface area (Å²) < 4.78 is 9.08. The molecule has 6 heteroatoms. The van der Waals surface area contributed by atoms with E-state index in [2.05, 4.69) is 19.1 Å². The van der Waals surface area contributed by atoms with Crippen LogP contribution in [0.25, 0.3) is 0 Å². The molecule has 5 nitrogen and oxygen atoms in total. The van der Waals surface area contributed by atoms with Crippen LogP contribution < -0.4 is 28.7 Å². The van der Waals surface area contributed by atoms with Gasteiger partial charge in [0.15, 0.2) is 12.8 Å². The highest BCUT2D eigenvalue weighted by molar-refractivity contribution is 5.65. The number of hydrogen-bond donors (Lipinski definition) is 0. The van der Waals surface area contributed by atoms with Crippen LogP contribution in [0, 0.1) is 0 Å². The van der Waals surface area contributed by atoms with Crippen LogP contribution in [0.5, 0.6) is 0 Å². The molecule has 0 fully saturated rings. The minimum absolute atomic E-state index is 0. The Morgan fingerprint density at radius 2 is 1.58 bits per heavy atom. The van der Waals surface area contributed by atoms with Crippen LogP contribution in [0.15, 0.2) is 6.20 Å². The van der Waals surface area contributed by atoms with Crippen molar-refractivity contribution in [2.75, 3.05) is 0 Å². The van der Waals surface area contributed by atoms with Gasteiger partial charge in [-0.1, -0.05) is 65.2 Å². The van der Waals surface area contributed by atoms with Crippen LogP contribution in [-0.2, 0) is 29.2 Å². The molecular weight excluding hydrogens is 441 g/mol. The third-order valence-electron chi connectivity index (χ3n) is 4.45. The summed E-state index contributed by atoms with van der Waals surface area (Å²) in [5, 5.41) is 4.60. The molecule has 0 atom stereocenters. The average Bonchev–Trinajstić information content (AvgIpc) is 2.97. The van der Waals surface area contributed by atoms with Crippen molar-refractivity contribution in [1.82, 2.24) is 9.90 Å². The summed E-state index contributed by atoms with van der Waals surface area (Å²) in [7, 11) is 0. The van der Waals surface area contributed by atoms with Gasteiger partial charge < -0.3 is 28.7 Å². The number of halogens is 1. The topological polar surface area (TPSA) is 48.0 Å². The van der Waals surface area contributed by atoms with E-state index in [1.54, 1.807) is 0 Å². The SMILES string of the molecule is CCCCCCCCCCCC[n+]1cc(COC(C)=O)n(CCC)n1.[I-]. The minimum atomic E-state index is -0.245. The Hall–Kier alpha value is -0.660. The fraction of sp³-hybridized carbons (Fsp3) is 0.850. The second-order valence-corrected chi connectivity index (χ2v) is 6.96. The molecule has 0 aromatic carbocycles. The van der Waals surface area contributed by atoms with Gasteiger partial charge in [-0.15, -0.1) is 9.36 Å². The molecule has 1 heterocycles. The van der Waals surface area contributed by atoms with Crippen LogP contribution in [0.4, 0.5) is 0 Å². The molecule has 0 saturated heterocycles. The van der Waals surface area contributed by atoms with E-state index in [1.165, 1.54) is 64.7 Å². The van der Waals surface area contributed by atoms with Gasteiger partial charge >= 0.3 is 5.97 Å². The lowest BCUT2D eigenvalue weighted by atomic mass is 10.1. The molecule has 0 unspecified atom stereocenters. The van der Waals surface area contributed by atoms with Crippen molar-refractivity contribution >= 4 is 5.97 Å². The molecule has 0 radical (unpaired) electrons. The number of aryl methyl sites for hydroxylation is 2. The number of hydrogen-bond acceptors (Lipinski definition) is 3. The molecular formula is C20H38IN3O2. The Labute approximate surface area is 176 Å². The van der Waals surface area contributed by atoms with Crippen molar-refractivity contribution in [2.24, 2.45) is 0 Å². The first-order chi connectivity index (χ1) is 12.2. The second kappa shape index (κ2) is 16.5. The molecule has 0 bridgehead atoms. The molecule has 0 aliphatic heterocycles. The number of ether oxygens (including phenoxy) is 1. The third-order valence-corrected chi connectivity index (χ3v) is 4.45. The van der Waals surface area contributed by atoms with E-state index in [1.807, 2.05) is 15.6 Å². The molecule has 1 rings (SSSR count). The Balaban J connectivity index is 0.00000625. The zero-order chi connectivity index (χ0) is 18.3. The van der Waals surface area contributed by atoms with E-state index in [4.69, 9.17) is 4.74 Å². The fourth-order valence-electron chi connectivity index (χ4n) is 3.02. The highest BCUT2D eigenvalue weighted by Gasteiger charge is 2.16. The summed E-state index contributed by atoms with van der Waals surface area (Å²) in [5.74, 6) is -0.245. The zero-order valence-corrected chi connectivity index (χ0v) is 19.2. The molecule has 1 aromatic rings. The molecule has 0 N–H and O–H groups in total. The van der Waals surface area contributed by atoms with Crippen LogP contribution in [0.3, 0.4) is 0 Å². The summed E-state index contributed by atoms with van der Waals surface area (Å²) in [4.78, 5) is 11.0. The number of aromatic nitrogens is 3. The monoisotopic (exact) mass is 479 g/mol. The Kier molecular flexibility index (Phi) is 16.1. The summed E-state index contributed by atoms with van der Waals surface area (Å²) in [5.41, 5.74) is 0.976. The van der Waals surface area contributed by atoms with E-state index in [0.717, 1.165) is 31.6 Å². The highest BCUT2D eigenvalue weighted by atomic mass is 127. The van der Waals surface area contributed by atoms with Gasteiger partial charge in [-0.2, -0.15) is 0 Å². The van der Waals surface area contributed by atoms with E-state index in [0.29, 0.717) is 6.61 Å². The first kappa shape index (κ1) is 25.3. The molecule has 0 saturated carbocycles.